The van der Waals surface area contributed by atoms with Crippen molar-refractivity contribution in [3.63, 3.8) is 0 Å². The molecule has 1 aromatic heterocycles. The third kappa shape index (κ3) is 3.01. The first-order valence-corrected chi connectivity index (χ1v) is 5.65. The molecule has 0 aromatic carbocycles. The van der Waals surface area contributed by atoms with Crippen molar-refractivity contribution in [1.82, 2.24) is 10.2 Å². The maximum atomic E-state index is 11.7. The summed E-state index contributed by atoms with van der Waals surface area (Å²) in [5.74, 6) is 0.0607. The highest BCUT2D eigenvalue weighted by Crippen LogP contribution is 2.18. The second-order valence-corrected chi connectivity index (χ2v) is 4.43. The van der Waals surface area contributed by atoms with Gasteiger partial charge < -0.3 is 10.2 Å². The zero-order valence-electron chi connectivity index (χ0n) is 8.28. The number of nitrogens with one attached hydrogen (secondary N) is 1. The summed E-state index contributed by atoms with van der Waals surface area (Å²) >= 11 is 5.60. The van der Waals surface area contributed by atoms with Gasteiger partial charge >= 0.3 is 0 Å². The lowest BCUT2D eigenvalue weighted by Crippen LogP contribution is -2.32. The SMILES string of the molecule is CNCCN(C)C(=O)c1cc(S)cs1. The van der Waals surface area contributed by atoms with Crippen LogP contribution in [-0.4, -0.2) is 38.0 Å². The fourth-order valence-corrected chi connectivity index (χ4v) is 2.15. The fraction of sp³-hybridized carbons (Fsp3) is 0.444. The van der Waals surface area contributed by atoms with Gasteiger partial charge in [-0.25, -0.2) is 0 Å². The van der Waals surface area contributed by atoms with Gasteiger partial charge in [-0.1, -0.05) is 0 Å². The van der Waals surface area contributed by atoms with Gasteiger partial charge in [-0.05, 0) is 13.1 Å². The van der Waals surface area contributed by atoms with E-state index in [1.54, 1.807) is 18.0 Å². The lowest BCUT2D eigenvalue weighted by atomic mass is 10.4. The molecule has 0 aliphatic heterocycles. The molecule has 0 radical (unpaired) electrons. The summed E-state index contributed by atoms with van der Waals surface area (Å²) < 4.78 is 0. The fourth-order valence-electron chi connectivity index (χ4n) is 1.01. The number of likely N-dealkylation sites (N-methyl/N-ethyl adjacent to an activating group) is 2. The molecule has 78 valence electrons. The molecule has 1 aromatic rings. The topological polar surface area (TPSA) is 32.3 Å². The molecular formula is C9H14N2OS2. The number of nitrogens with zero attached hydrogens (tertiary/aromatic N) is 1. The highest BCUT2D eigenvalue weighted by atomic mass is 32.1. The van der Waals surface area contributed by atoms with Gasteiger partial charge in [0.1, 0.15) is 0 Å². The molecule has 14 heavy (non-hydrogen) atoms. The van der Waals surface area contributed by atoms with Crippen LogP contribution in [0.15, 0.2) is 16.3 Å². The number of rotatable bonds is 4. The first-order chi connectivity index (χ1) is 6.65. The van der Waals surface area contributed by atoms with E-state index in [4.69, 9.17) is 0 Å². The molecule has 0 aliphatic rings. The minimum atomic E-state index is 0.0607. The van der Waals surface area contributed by atoms with Crippen LogP contribution in [0.3, 0.4) is 0 Å². The predicted molar refractivity (Wildman–Crippen MR) is 62.5 cm³/mol. The summed E-state index contributed by atoms with van der Waals surface area (Å²) in [5, 5.41) is 4.87. The van der Waals surface area contributed by atoms with Crippen LogP contribution < -0.4 is 5.32 Å². The van der Waals surface area contributed by atoms with Crippen molar-refractivity contribution >= 4 is 29.9 Å². The van der Waals surface area contributed by atoms with Gasteiger partial charge in [0.25, 0.3) is 5.91 Å². The van der Waals surface area contributed by atoms with Crippen LogP contribution in [0.25, 0.3) is 0 Å². The Hall–Kier alpha value is -0.520. The molecule has 0 saturated heterocycles. The lowest BCUT2D eigenvalue weighted by molar-refractivity contribution is 0.0801. The number of hydrogen-bond acceptors (Lipinski definition) is 4. The van der Waals surface area contributed by atoms with E-state index < -0.39 is 0 Å². The van der Waals surface area contributed by atoms with E-state index in [-0.39, 0.29) is 5.91 Å². The first-order valence-electron chi connectivity index (χ1n) is 4.32. The second kappa shape index (κ2) is 5.38. The monoisotopic (exact) mass is 230 g/mol. The first kappa shape index (κ1) is 11.6. The third-order valence-corrected chi connectivity index (χ3v) is 3.19. The van der Waals surface area contributed by atoms with Crippen molar-refractivity contribution < 1.29 is 4.79 Å². The van der Waals surface area contributed by atoms with Crippen LogP contribution in [0.5, 0.6) is 0 Å². The molecule has 1 heterocycles. The number of thiol groups is 1. The number of carbonyl (C=O) groups is 1. The molecule has 0 atom stereocenters. The van der Waals surface area contributed by atoms with Crippen LogP contribution in [-0.2, 0) is 0 Å². The third-order valence-electron chi connectivity index (χ3n) is 1.84. The molecule has 0 fully saturated rings. The number of amides is 1. The quantitative estimate of drug-likeness (QED) is 0.765. The molecule has 0 saturated carbocycles. The molecule has 0 aliphatic carbocycles. The Morgan fingerprint density at radius 3 is 2.93 bits per heavy atom. The van der Waals surface area contributed by atoms with E-state index in [2.05, 4.69) is 17.9 Å². The Kier molecular flexibility index (Phi) is 4.44. The van der Waals surface area contributed by atoms with Gasteiger partial charge in [0, 0.05) is 30.4 Å². The maximum Gasteiger partial charge on any atom is 0.263 e. The number of carbonyl (C=O) groups excluding carboxylic acids is 1. The summed E-state index contributed by atoms with van der Waals surface area (Å²) in [6, 6.07) is 1.80. The van der Waals surface area contributed by atoms with E-state index in [9.17, 15) is 4.79 Å². The Morgan fingerprint density at radius 2 is 2.43 bits per heavy atom. The standard InChI is InChI=1S/C9H14N2OS2/c1-10-3-4-11(2)9(12)8-5-7(13)6-14-8/h5-6,10,13H,3-4H2,1-2H3. The Bertz CT molecular complexity index is 312. The summed E-state index contributed by atoms with van der Waals surface area (Å²) in [7, 11) is 3.67. The maximum absolute atomic E-state index is 11.7. The van der Waals surface area contributed by atoms with Crippen molar-refractivity contribution in [3.8, 4) is 0 Å². The van der Waals surface area contributed by atoms with Gasteiger partial charge in [-0.2, -0.15) is 0 Å². The average Bonchev–Trinajstić information content (AvgIpc) is 2.60. The summed E-state index contributed by atoms with van der Waals surface area (Å²) in [5.41, 5.74) is 0. The summed E-state index contributed by atoms with van der Waals surface area (Å²) in [6.07, 6.45) is 0. The predicted octanol–water partition coefficient (Wildman–Crippen LogP) is 1.33. The van der Waals surface area contributed by atoms with Gasteiger partial charge in [0.2, 0.25) is 0 Å². The van der Waals surface area contributed by atoms with E-state index in [0.717, 1.165) is 22.9 Å². The second-order valence-electron chi connectivity index (χ2n) is 3.00. The lowest BCUT2D eigenvalue weighted by Gasteiger charge is -2.15. The Balaban J connectivity index is 2.56. The molecular weight excluding hydrogens is 216 g/mol. The van der Waals surface area contributed by atoms with Crippen molar-refractivity contribution in [2.24, 2.45) is 0 Å². The van der Waals surface area contributed by atoms with Gasteiger partial charge in [-0.15, -0.1) is 24.0 Å². The molecule has 3 nitrogen and oxygen atoms in total. The van der Waals surface area contributed by atoms with E-state index >= 15 is 0 Å². The van der Waals surface area contributed by atoms with Crippen LogP contribution >= 0.6 is 24.0 Å². The zero-order valence-corrected chi connectivity index (χ0v) is 9.99. The molecule has 1 rings (SSSR count). The van der Waals surface area contributed by atoms with E-state index in [0.29, 0.717) is 0 Å². The smallest absolute Gasteiger partial charge is 0.263 e. The number of hydrogen-bond donors (Lipinski definition) is 2. The van der Waals surface area contributed by atoms with Crippen molar-refractivity contribution in [1.29, 1.82) is 0 Å². The zero-order chi connectivity index (χ0) is 10.6. The van der Waals surface area contributed by atoms with Gasteiger partial charge in [-0.3, -0.25) is 4.79 Å². The molecule has 5 heteroatoms. The van der Waals surface area contributed by atoms with Crippen molar-refractivity contribution in [3.05, 3.63) is 16.3 Å². The van der Waals surface area contributed by atoms with Crippen LogP contribution in [0.1, 0.15) is 9.67 Å². The van der Waals surface area contributed by atoms with Gasteiger partial charge in [0.15, 0.2) is 0 Å². The van der Waals surface area contributed by atoms with Crippen molar-refractivity contribution in [2.75, 3.05) is 27.2 Å². The van der Waals surface area contributed by atoms with E-state index in [1.165, 1.54) is 11.3 Å². The molecule has 0 spiro atoms. The Labute approximate surface area is 93.5 Å². The minimum Gasteiger partial charge on any atom is -0.340 e. The molecule has 0 unspecified atom stereocenters. The normalized spacial score (nSPS) is 10.2. The average molecular weight is 230 g/mol. The largest absolute Gasteiger partial charge is 0.340 e. The summed E-state index contributed by atoms with van der Waals surface area (Å²) in [4.78, 5) is 15.0. The number of thiophene rings is 1. The van der Waals surface area contributed by atoms with Gasteiger partial charge in [0.05, 0.1) is 4.88 Å². The Morgan fingerprint density at radius 1 is 1.71 bits per heavy atom. The van der Waals surface area contributed by atoms with Crippen LogP contribution in [0, 0.1) is 0 Å². The highest BCUT2D eigenvalue weighted by Gasteiger charge is 2.12. The molecule has 0 bridgehead atoms. The van der Waals surface area contributed by atoms with E-state index in [1.807, 2.05) is 12.4 Å². The highest BCUT2D eigenvalue weighted by molar-refractivity contribution is 7.80. The van der Waals surface area contributed by atoms with Crippen LogP contribution in [0.4, 0.5) is 0 Å². The minimum absolute atomic E-state index is 0.0607. The summed E-state index contributed by atoms with van der Waals surface area (Å²) in [6.45, 7) is 1.52. The van der Waals surface area contributed by atoms with Crippen LogP contribution in [0.2, 0.25) is 0 Å². The van der Waals surface area contributed by atoms with Crippen molar-refractivity contribution in [2.45, 2.75) is 4.90 Å². The molecule has 1 N–H and O–H groups in total. The molecule has 1 amide bonds.